The number of hydrogen-bond donors (Lipinski definition) is 0. The third-order valence-corrected chi connectivity index (χ3v) is 11.4. The Bertz CT molecular complexity index is 3040. The van der Waals surface area contributed by atoms with E-state index < -0.39 is 0 Å². The van der Waals surface area contributed by atoms with Crippen LogP contribution >= 0.6 is 0 Å². The number of aromatic nitrogens is 4. The summed E-state index contributed by atoms with van der Waals surface area (Å²) in [7, 11) is 2.10. The van der Waals surface area contributed by atoms with Crippen LogP contribution in [0.1, 0.15) is 25.0 Å². The molecule has 0 aliphatic heterocycles. The third-order valence-electron chi connectivity index (χ3n) is 11.4. The SMILES string of the molecule is Cn1c(-c2ccc(-n3c4ccccc4c4c3c3c(c5c6ccccc6n(-c6ccccc6)c54)C(C)(C)c4ccccc4-3)cc2)nc2ccccc21. The molecule has 4 nitrogen and oxygen atoms in total. The zero-order valence-electron chi connectivity index (χ0n) is 28.7. The summed E-state index contributed by atoms with van der Waals surface area (Å²) in [6.45, 7) is 4.83. The number of hydrogen-bond acceptors (Lipinski definition) is 1. The van der Waals surface area contributed by atoms with E-state index >= 15 is 0 Å². The monoisotopic (exact) mass is 654 g/mol. The summed E-state index contributed by atoms with van der Waals surface area (Å²) in [4.78, 5) is 5.01. The number of aryl methyl sites for hydroxylation is 1. The van der Waals surface area contributed by atoms with Gasteiger partial charge in [0.1, 0.15) is 5.82 Å². The van der Waals surface area contributed by atoms with Crippen molar-refractivity contribution in [3.05, 3.63) is 163 Å². The molecule has 0 amide bonds. The minimum atomic E-state index is -0.213. The second-order valence-corrected chi connectivity index (χ2v) is 14.4. The fourth-order valence-corrected chi connectivity index (χ4v) is 9.23. The van der Waals surface area contributed by atoms with Crippen molar-refractivity contribution in [2.75, 3.05) is 0 Å². The van der Waals surface area contributed by atoms with Crippen molar-refractivity contribution in [1.29, 1.82) is 0 Å². The Balaban J connectivity index is 1.32. The predicted molar refractivity (Wildman–Crippen MR) is 212 cm³/mol. The molecule has 10 aromatic rings. The number of rotatable bonds is 3. The molecular formula is C47H34N4. The summed E-state index contributed by atoms with van der Waals surface area (Å²) < 4.78 is 7.22. The van der Waals surface area contributed by atoms with Crippen molar-refractivity contribution in [3.63, 3.8) is 0 Å². The maximum Gasteiger partial charge on any atom is 0.140 e. The van der Waals surface area contributed by atoms with Crippen LogP contribution in [0.25, 0.3) is 88.5 Å². The molecule has 11 rings (SSSR count). The molecule has 0 fully saturated rings. The highest BCUT2D eigenvalue weighted by Gasteiger charge is 2.41. The maximum absolute atomic E-state index is 5.01. The molecule has 0 unspecified atom stereocenters. The Hall–Kier alpha value is -6.39. The van der Waals surface area contributed by atoms with E-state index in [0.29, 0.717) is 0 Å². The molecule has 0 spiro atoms. The first-order valence-electron chi connectivity index (χ1n) is 17.7. The van der Waals surface area contributed by atoms with Crippen molar-refractivity contribution in [2.24, 2.45) is 7.05 Å². The Kier molecular flexibility index (Phi) is 5.63. The molecule has 1 aliphatic rings. The van der Waals surface area contributed by atoms with Gasteiger partial charge in [0.2, 0.25) is 0 Å². The van der Waals surface area contributed by atoms with Gasteiger partial charge in [-0.05, 0) is 77.4 Å². The van der Waals surface area contributed by atoms with Gasteiger partial charge in [-0.25, -0.2) is 4.98 Å². The minimum absolute atomic E-state index is 0.213. The van der Waals surface area contributed by atoms with Gasteiger partial charge in [0.25, 0.3) is 0 Å². The van der Waals surface area contributed by atoms with Gasteiger partial charge >= 0.3 is 0 Å². The molecule has 0 bridgehead atoms. The van der Waals surface area contributed by atoms with Crippen LogP contribution in [0.3, 0.4) is 0 Å². The number of para-hydroxylation sites is 5. The molecule has 3 aromatic heterocycles. The zero-order chi connectivity index (χ0) is 34.0. The lowest BCUT2D eigenvalue weighted by atomic mass is 9.80. The molecule has 1 aliphatic carbocycles. The van der Waals surface area contributed by atoms with E-state index in [0.717, 1.165) is 28.1 Å². The molecule has 7 aromatic carbocycles. The predicted octanol–water partition coefficient (Wildman–Crippen LogP) is 11.7. The number of imidazole rings is 1. The van der Waals surface area contributed by atoms with E-state index in [9.17, 15) is 0 Å². The van der Waals surface area contributed by atoms with Crippen LogP contribution in [-0.4, -0.2) is 18.7 Å². The van der Waals surface area contributed by atoms with E-state index in [1.165, 1.54) is 71.6 Å². The van der Waals surface area contributed by atoms with Gasteiger partial charge in [-0.15, -0.1) is 0 Å². The van der Waals surface area contributed by atoms with E-state index in [-0.39, 0.29) is 5.41 Å². The number of benzene rings is 7. The van der Waals surface area contributed by atoms with E-state index in [2.05, 4.69) is 186 Å². The summed E-state index contributed by atoms with van der Waals surface area (Å²) in [6, 6.07) is 55.2. The molecule has 0 N–H and O–H groups in total. The average Bonchev–Trinajstić information content (AvgIpc) is 3.87. The lowest BCUT2D eigenvalue weighted by Gasteiger charge is -2.23. The minimum Gasteiger partial charge on any atom is -0.327 e. The van der Waals surface area contributed by atoms with Crippen molar-refractivity contribution in [3.8, 4) is 33.9 Å². The van der Waals surface area contributed by atoms with E-state index in [1.807, 2.05) is 0 Å². The first kappa shape index (κ1) is 28.4. The van der Waals surface area contributed by atoms with Crippen LogP contribution in [0.5, 0.6) is 0 Å². The van der Waals surface area contributed by atoms with Gasteiger partial charge in [0, 0.05) is 56.5 Å². The van der Waals surface area contributed by atoms with Crippen LogP contribution < -0.4 is 0 Å². The molecule has 0 saturated heterocycles. The number of fused-ring (bicyclic) bond motifs is 13. The lowest BCUT2D eigenvalue weighted by Crippen LogP contribution is -2.15. The van der Waals surface area contributed by atoms with Gasteiger partial charge < -0.3 is 13.7 Å². The standard InChI is InChI=1S/C47H34N4/c1-47(2)35-20-10-7-17-32(35)40-43(47)41-33-18-8-12-22-37(33)50(30-15-5-4-6-16-30)45(41)42-34-19-9-13-23-38(34)51(44(40)42)31-27-25-29(26-28-31)46-48-36-21-11-14-24-39(36)49(46)3/h4-28H,1-3H3. The maximum atomic E-state index is 5.01. The van der Waals surface area contributed by atoms with Crippen LogP contribution in [0, 0.1) is 0 Å². The fraction of sp³-hybridized carbons (Fsp3) is 0.0851. The molecular weight excluding hydrogens is 621 g/mol. The van der Waals surface area contributed by atoms with Crippen LogP contribution in [-0.2, 0) is 12.5 Å². The first-order valence-corrected chi connectivity index (χ1v) is 17.7. The second-order valence-electron chi connectivity index (χ2n) is 14.4. The van der Waals surface area contributed by atoms with Crippen LogP contribution in [0.15, 0.2) is 152 Å². The Morgan fingerprint density at radius 1 is 0.510 bits per heavy atom. The largest absolute Gasteiger partial charge is 0.327 e. The normalized spacial score (nSPS) is 13.5. The summed E-state index contributed by atoms with van der Waals surface area (Å²) >= 11 is 0. The van der Waals surface area contributed by atoms with E-state index in [1.54, 1.807) is 0 Å². The molecule has 3 heterocycles. The first-order chi connectivity index (χ1) is 25.0. The highest BCUT2D eigenvalue weighted by atomic mass is 15.1. The molecule has 0 saturated carbocycles. The van der Waals surface area contributed by atoms with Crippen LogP contribution in [0.2, 0.25) is 0 Å². The highest BCUT2D eigenvalue weighted by Crippen LogP contribution is 2.58. The Morgan fingerprint density at radius 3 is 1.80 bits per heavy atom. The van der Waals surface area contributed by atoms with Crippen molar-refractivity contribution in [2.45, 2.75) is 19.3 Å². The second kappa shape index (κ2) is 10.1. The summed E-state index contributed by atoms with van der Waals surface area (Å²) in [5.74, 6) is 0.968. The molecule has 51 heavy (non-hydrogen) atoms. The molecule has 242 valence electrons. The van der Waals surface area contributed by atoms with Crippen LogP contribution in [0.4, 0.5) is 0 Å². The topological polar surface area (TPSA) is 27.7 Å². The smallest absolute Gasteiger partial charge is 0.140 e. The molecule has 0 radical (unpaired) electrons. The summed E-state index contributed by atoms with van der Waals surface area (Å²) in [6.07, 6.45) is 0. The van der Waals surface area contributed by atoms with Gasteiger partial charge in [-0.2, -0.15) is 0 Å². The highest BCUT2D eigenvalue weighted by molar-refractivity contribution is 6.31. The number of nitrogens with zero attached hydrogens (tertiary/aromatic N) is 4. The van der Waals surface area contributed by atoms with E-state index in [4.69, 9.17) is 4.98 Å². The average molecular weight is 655 g/mol. The molecule has 0 atom stereocenters. The Labute approximate surface area is 295 Å². The van der Waals surface area contributed by atoms with Gasteiger partial charge in [-0.3, -0.25) is 0 Å². The van der Waals surface area contributed by atoms with Gasteiger partial charge in [-0.1, -0.05) is 105 Å². The lowest BCUT2D eigenvalue weighted by molar-refractivity contribution is 0.667. The van der Waals surface area contributed by atoms with Crippen molar-refractivity contribution < 1.29 is 0 Å². The summed E-state index contributed by atoms with van der Waals surface area (Å²) in [5, 5.41) is 5.17. The molecule has 4 heteroatoms. The van der Waals surface area contributed by atoms with Gasteiger partial charge in [0.05, 0.1) is 33.1 Å². The zero-order valence-corrected chi connectivity index (χ0v) is 28.7. The Morgan fingerprint density at radius 2 is 1.08 bits per heavy atom. The van der Waals surface area contributed by atoms with Crippen molar-refractivity contribution in [1.82, 2.24) is 18.7 Å². The van der Waals surface area contributed by atoms with Gasteiger partial charge in [0.15, 0.2) is 0 Å². The fourth-order valence-electron chi connectivity index (χ4n) is 9.23. The van der Waals surface area contributed by atoms with Crippen molar-refractivity contribution >= 4 is 54.6 Å². The third kappa shape index (κ3) is 3.66. The quantitative estimate of drug-likeness (QED) is 0.186. The summed E-state index contributed by atoms with van der Waals surface area (Å²) in [5.41, 5.74) is 15.7.